The number of hydrogen-bond acceptors (Lipinski definition) is 6. The van der Waals surface area contributed by atoms with E-state index in [0.29, 0.717) is 28.7 Å². The van der Waals surface area contributed by atoms with Gasteiger partial charge in [-0.25, -0.2) is 9.97 Å². The number of carbonyl (C=O) groups excluding carboxylic acids is 2. The SMILES string of the molecule is CCCCCc1ccc(C(=O)Nc2ccc3c(c2)nc(N)n3CCCC)cc1.CCCCCc1ccc(C(=O)Nc2ccc3c(c2)nc(N)n3CCCc2ccccc2)cc1. The van der Waals surface area contributed by atoms with E-state index in [2.05, 4.69) is 65.6 Å². The Balaban J connectivity index is 0.000000207. The van der Waals surface area contributed by atoms with Crippen molar-refractivity contribution in [3.63, 3.8) is 0 Å². The van der Waals surface area contributed by atoms with E-state index in [0.717, 1.165) is 79.4 Å². The molecule has 2 heterocycles. The number of hydrogen-bond donors (Lipinski definition) is 4. The number of rotatable bonds is 19. The molecule has 61 heavy (non-hydrogen) atoms. The van der Waals surface area contributed by atoms with E-state index in [4.69, 9.17) is 11.5 Å². The number of nitrogens with zero attached hydrogens (tertiary/aromatic N) is 4. The van der Waals surface area contributed by atoms with Gasteiger partial charge in [-0.15, -0.1) is 0 Å². The minimum atomic E-state index is -0.121. The van der Waals surface area contributed by atoms with E-state index in [9.17, 15) is 9.59 Å². The molecule has 0 saturated carbocycles. The number of benzene rings is 5. The third-order valence-corrected chi connectivity index (χ3v) is 11.1. The predicted octanol–water partition coefficient (Wildman–Crippen LogP) is 11.6. The lowest BCUT2D eigenvalue weighted by Gasteiger charge is -2.08. The third-order valence-electron chi connectivity index (χ3n) is 11.1. The number of amides is 2. The van der Waals surface area contributed by atoms with Crippen molar-refractivity contribution in [3.8, 4) is 0 Å². The highest BCUT2D eigenvalue weighted by atomic mass is 16.2. The fourth-order valence-electron chi connectivity index (χ4n) is 7.53. The molecule has 10 heteroatoms. The summed E-state index contributed by atoms with van der Waals surface area (Å²) in [6.07, 6.45) is 13.5. The minimum absolute atomic E-state index is 0.113. The van der Waals surface area contributed by atoms with Crippen LogP contribution in [-0.2, 0) is 32.4 Å². The van der Waals surface area contributed by atoms with Crippen LogP contribution in [0.1, 0.15) is 116 Å². The van der Waals surface area contributed by atoms with Gasteiger partial charge in [0.25, 0.3) is 11.8 Å². The van der Waals surface area contributed by atoms with Gasteiger partial charge < -0.3 is 31.2 Å². The molecule has 5 aromatic carbocycles. The first-order valence-electron chi connectivity index (χ1n) is 22.1. The lowest BCUT2D eigenvalue weighted by molar-refractivity contribution is 0.101. The summed E-state index contributed by atoms with van der Waals surface area (Å²) in [6, 6.07) is 37.8. The van der Waals surface area contributed by atoms with Crippen LogP contribution < -0.4 is 22.1 Å². The molecule has 0 saturated heterocycles. The number of nitrogen functional groups attached to an aromatic ring is 2. The van der Waals surface area contributed by atoms with Crippen molar-refractivity contribution in [2.45, 2.75) is 111 Å². The van der Waals surface area contributed by atoms with Crippen molar-refractivity contribution in [2.24, 2.45) is 0 Å². The van der Waals surface area contributed by atoms with Gasteiger partial charge in [-0.05, 0) is 122 Å². The molecule has 0 aliphatic heterocycles. The smallest absolute Gasteiger partial charge is 0.255 e. The fourth-order valence-corrected chi connectivity index (χ4v) is 7.53. The molecule has 2 amide bonds. The Labute approximate surface area is 360 Å². The zero-order valence-corrected chi connectivity index (χ0v) is 36.1. The van der Waals surface area contributed by atoms with Gasteiger partial charge in [0.05, 0.1) is 22.1 Å². The zero-order chi connectivity index (χ0) is 43.0. The van der Waals surface area contributed by atoms with Gasteiger partial charge in [0, 0.05) is 35.6 Å². The van der Waals surface area contributed by atoms with E-state index in [-0.39, 0.29) is 11.8 Å². The molecule has 0 spiro atoms. The second-order valence-electron chi connectivity index (χ2n) is 15.8. The first kappa shape index (κ1) is 44.1. The first-order valence-corrected chi connectivity index (χ1v) is 22.1. The molecule has 7 aromatic rings. The summed E-state index contributed by atoms with van der Waals surface area (Å²) in [5.41, 5.74) is 22.5. The summed E-state index contributed by atoms with van der Waals surface area (Å²) in [5.74, 6) is 0.786. The number of imidazole rings is 2. The Morgan fingerprint density at radius 2 is 0.902 bits per heavy atom. The average molecular weight is 819 g/mol. The zero-order valence-electron chi connectivity index (χ0n) is 36.1. The standard InChI is InChI=1S/C28H32N4O.C23H30N4O/c1-2-3-5-9-22-13-15-23(16-14-22)27(33)30-24-17-18-26-25(20-24)31-28(29)32(26)19-8-12-21-10-6-4-7-11-21;1-3-5-7-8-17-9-11-18(12-10-17)22(28)25-19-13-14-21-20(16-19)26-23(24)27(21)15-6-4-2/h4,6-7,10-11,13-18,20H,2-3,5,8-9,12,19H2,1H3,(H2,29,31)(H,30,33);9-14,16H,3-8,15H2,1-2H3,(H2,24,26)(H,25,28). The maximum absolute atomic E-state index is 12.7. The van der Waals surface area contributed by atoms with Crippen molar-refractivity contribution >= 4 is 57.2 Å². The van der Waals surface area contributed by atoms with E-state index in [1.54, 1.807) is 0 Å². The summed E-state index contributed by atoms with van der Waals surface area (Å²) in [7, 11) is 0. The van der Waals surface area contributed by atoms with Gasteiger partial charge in [-0.2, -0.15) is 0 Å². The maximum atomic E-state index is 12.7. The van der Waals surface area contributed by atoms with Gasteiger partial charge in [0.2, 0.25) is 11.9 Å². The first-order chi connectivity index (χ1) is 29.8. The molecule has 0 unspecified atom stereocenters. The van der Waals surface area contributed by atoms with E-state index >= 15 is 0 Å². The van der Waals surface area contributed by atoms with E-state index in [1.807, 2.05) is 100 Å². The summed E-state index contributed by atoms with van der Waals surface area (Å²) < 4.78 is 4.07. The second-order valence-corrected chi connectivity index (χ2v) is 15.8. The molecular weight excluding hydrogens is 757 g/mol. The van der Waals surface area contributed by atoms with Crippen molar-refractivity contribution in [1.29, 1.82) is 0 Å². The molecule has 0 atom stereocenters. The molecule has 0 radical (unpaired) electrons. The molecular formula is C51H62N8O2. The number of aryl methyl sites for hydroxylation is 5. The minimum Gasteiger partial charge on any atom is -0.369 e. The van der Waals surface area contributed by atoms with Crippen LogP contribution >= 0.6 is 0 Å². The number of unbranched alkanes of at least 4 members (excludes halogenated alkanes) is 5. The average Bonchev–Trinajstić information content (AvgIpc) is 3.76. The second kappa shape index (κ2) is 22.3. The lowest BCUT2D eigenvalue weighted by atomic mass is 10.1. The van der Waals surface area contributed by atoms with Crippen molar-refractivity contribution in [1.82, 2.24) is 19.1 Å². The Bertz CT molecular complexity index is 2470. The number of fused-ring (bicyclic) bond motifs is 2. The molecule has 6 N–H and O–H groups in total. The summed E-state index contributed by atoms with van der Waals surface area (Å²) in [5, 5.41) is 5.95. The topological polar surface area (TPSA) is 146 Å². The maximum Gasteiger partial charge on any atom is 0.255 e. The highest BCUT2D eigenvalue weighted by molar-refractivity contribution is 6.05. The summed E-state index contributed by atoms with van der Waals surface area (Å²) in [4.78, 5) is 34.2. The predicted molar refractivity (Wildman–Crippen MR) is 253 cm³/mol. The number of aromatic nitrogens is 4. The quantitative estimate of drug-likeness (QED) is 0.0598. The largest absolute Gasteiger partial charge is 0.369 e. The molecule has 7 rings (SSSR count). The van der Waals surface area contributed by atoms with Crippen LogP contribution in [0, 0.1) is 0 Å². The van der Waals surface area contributed by atoms with Crippen LogP contribution in [0.4, 0.5) is 23.3 Å². The Morgan fingerprint density at radius 3 is 1.34 bits per heavy atom. The van der Waals surface area contributed by atoms with Crippen LogP contribution in [-0.4, -0.2) is 30.9 Å². The highest BCUT2D eigenvalue weighted by Crippen LogP contribution is 2.25. The van der Waals surface area contributed by atoms with Gasteiger partial charge in [-0.1, -0.05) is 107 Å². The van der Waals surface area contributed by atoms with Crippen LogP contribution in [0.5, 0.6) is 0 Å². The Morgan fingerprint density at radius 1 is 0.492 bits per heavy atom. The Kier molecular flexibility index (Phi) is 16.1. The van der Waals surface area contributed by atoms with Crippen LogP contribution in [0.15, 0.2) is 115 Å². The van der Waals surface area contributed by atoms with Crippen molar-refractivity contribution in [3.05, 3.63) is 143 Å². The van der Waals surface area contributed by atoms with Gasteiger partial charge in [-0.3, -0.25) is 9.59 Å². The molecule has 0 aliphatic carbocycles. The summed E-state index contributed by atoms with van der Waals surface area (Å²) in [6.45, 7) is 8.22. The van der Waals surface area contributed by atoms with Gasteiger partial charge in [0.1, 0.15) is 0 Å². The highest BCUT2D eigenvalue weighted by Gasteiger charge is 2.13. The van der Waals surface area contributed by atoms with Crippen molar-refractivity contribution < 1.29 is 9.59 Å². The van der Waals surface area contributed by atoms with Crippen LogP contribution in [0.2, 0.25) is 0 Å². The normalized spacial score (nSPS) is 11.1. The van der Waals surface area contributed by atoms with Gasteiger partial charge in [0.15, 0.2) is 0 Å². The molecule has 2 aromatic heterocycles. The van der Waals surface area contributed by atoms with E-state index in [1.165, 1.54) is 55.2 Å². The summed E-state index contributed by atoms with van der Waals surface area (Å²) >= 11 is 0. The fraction of sp³-hybridized carbons (Fsp3) is 0.333. The van der Waals surface area contributed by atoms with Crippen molar-refractivity contribution in [2.75, 3.05) is 22.1 Å². The third kappa shape index (κ3) is 12.3. The molecule has 318 valence electrons. The number of carbonyl (C=O) groups is 2. The molecule has 0 aliphatic rings. The molecule has 0 bridgehead atoms. The number of nitrogens with one attached hydrogen (secondary N) is 2. The van der Waals surface area contributed by atoms with Crippen LogP contribution in [0.25, 0.3) is 22.1 Å². The van der Waals surface area contributed by atoms with E-state index < -0.39 is 0 Å². The number of anilines is 4. The molecule has 10 nitrogen and oxygen atoms in total. The lowest BCUT2D eigenvalue weighted by Crippen LogP contribution is -2.11. The van der Waals surface area contributed by atoms with Gasteiger partial charge >= 0.3 is 0 Å². The number of nitrogens with two attached hydrogens (primary N) is 2. The van der Waals surface area contributed by atoms with Crippen LogP contribution in [0.3, 0.4) is 0 Å². The monoisotopic (exact) mass is 818 g/mol. The molecule has 0 fully saturated rings. The Hall–Kier alpha value is -6.42.